The van der Waals surface area contributed by atoms with E-state index in [0.717, 1.165) is 16.7 Å². The second-order valence-corrected chi connectivity index (χ2v) is 7.22. The Morgan fingerprint density at radius 3 is 1.76 bits per heavy atom. The SMILES string of the molecule is FC(F)(F)C1CC(OCc2ccccc2)N1C(c1ccccc1)c1ccccc1. The van der Waals surface area contributed by atoms with E-state index in [1.807, 2.05) is 91.0 Å². The Labute approximate surface area is 168 Å². The summed E-state index contributed by atoms with van der Waals surface area (Å²) in [5.74, 6) is 0. The Morgan fingerprint density at radius 2 is 1.28 bits per heavy atom. The van der Waals surface area contributed by atoms with Crippen molar-refractivity contribution in [1.29, 1.82) is 0 Å². The molecule has 3 aromatic rings. The highest BCUT2D eigenvalue weighted by Crippen LogP contribution is 2.46. The van der Waals surface area contributed by atoms with Gasteiger partial charge in [-0.05, 0) is 16.7 Å². The van der Waals surface area contributed by atoms with Crippen LogP contribution in [-0.2, 0) is 11.3 Å². The van der Waals surface area contributed by atoms with Crippen molar-refractivity contribution in [3.8, 4) is 0 Å². The Balaban J connectivity index is 1.66. The van der Waals surface area contributed by atoms with E-state index in [1.165, 1.54) is 4.90 Å². The highest BCUT2D eigenvalue weighted by atomic mass is 19.4. The second kappa shape index (κ2) is 8.39. The first-order chi connectivity index (χ1) is 14.0. The molecule has 0 bridgehead atoms. The summed E-state index contributed by atoms with van der Waals surface area (Å²) in [6.45, 7) is 0.281. The Hall–Kier alpha value is -2.63. The lowest BCUT2D eigenvalue weighted by Crippen LogP contribution is -2.63. The van der Waals surface area contributed by atoms with Crippen LogP contribution in [0.2, 0.25) is 0 Å². The fourth-order valence-electron chi connectivity index (χ4n) is 3.87. The van der Waals surface area contributed by atoms with E-state index in [2.05, 4.69) is 0 Å². The van der Waals surface area contributed by atoms with Crippen molar-refractivity contribution in [2.24, 2.45) is 0 Å². The van der Waals surface area contributed by atoms with E-state index in [4.69, 9.17) is 4.74 Å². The zero-order valence-electron chi connectivity index (χ0n) is 15.8. The maximum absolute atomic E-state index is 13.8. The normalized spacial score (nSPS) is 19.9. The van der Waals surface area contributed by atoms with Crippen LogP contribution in [0.15, 0.2) is 91.0 Å². The lowest BCUT2D eigenvalue weighted by molar-refractivity contribution is -0.281. The first-order valence-electron chi connectivity index (χ1n) is 9.63. The molecular weight excluding hydrogens is 375 g/mol. The quantitative estimate of drug-likeness (QED) is 0.509. The number of alkyl halides is 3. The lowest BCUT2D eigenvalue weighted by Gasteiger charge is -2.52. The molecule has 0 aromatic heterocycles. The molecule has 1 aliphatic heterocycles. The Morgan fingerprint density at radius 1 is 0.793 bits per heavy atom. The maximum atomic E-state index is 13.8. The number of halogens is 3. The molecule has 150 valence electrons. The summed E-state index contributed by atoms with van der Waals surface area (Å²) in [7, 11) is 0. The van der Waals surface area contributed by atoms with Gasteiger partial charge in [0.2, 0.25) is 0 Å². The number of hydrogen-bond donors (Lipinski definition) is 0. The smallest absolute Gasteiger partial charge is 0.358 e. The van der Waals surface area contributed by atoms with Crippen molar-refractivity contribution in [1.82, 2.24) is 4.90 Å². The molecule has 0 amide bonds. The molecule has 0 N–H and O–H groups in total. The van der Waals surface area contributed by atoms with E-state index < -0.39 is 24.5 Å². The zero-order chi connectivity index (χ0) is 20.3. The average Bonchev–Trinajstić information content (AvgIpc) is 2.72. The standard InChI is InChI=1S/C24H22F3NO/c25-24(26,27)21-16-22(29-17-18-10-4-1-5-11-18)28(21)23(19-12-6-2-7-13-19)20-14-8-3-9-15-20/h1-15,21-23H,16-17H2. The molecule has 1 aliphatic rings. The number of nitrogens with zero attached hydrogens (tertiary/aromatic N) is 1. The van der Waals surface area contributed by atoms with Gasteiger partial charge in [-0.2, -0.15) is 13.2 Å². The third-order valence-corrected chi connectivity index (χ3v) is 5.31. The third-order valence-electron chi connectivity index (χ3n) is 5.31. The molecule has 1 fully saturated rings. The average molecular weight is 397 g/mol. The predicted octanol–water partition coefficient (Wildman–Crippen LogP) is 5.96. The Bertz CT molecular complexity index is 860. The van der Waals surface area contributed by atoms with Crippen LogP contribution < -0.4 is 0 Å². The summed E-state index contributed by atoms with van der Waals surface area (Å²) in [5, 5.41) is 0. The van der Waals surface area contributed by atoms with Gasteiger partial charge >= 0.3 is 6.18 Å². The van der Waals surface area contributed by atoms with Gasteiger partial charge < -0.3 is 4.74 Å². The van der Waals surface area contributed by atoms with Crippen molar-refractivity contribution in [2.75, 3.05) is 0 Å². The molecular formula is C24H22F3NO. The number of ether oxygens (including phenoxy) is 1. The summed E-state index contributed by atoms with van der Waals surface area (Å²) in [6.07, 6.45) is -4.98. The highest BCUT2D eigenvalue weighted by Gasteiger charge is 2.57. The summed E-state index contributed by atoms with van der Waals surface area (Å²) >= 11 is 0. The van der Waals surface area contributed by atoms with Crippen LogP contribution in [-0.4, -0.2) is 23.3 Å². The van der Waals surface area contributed by atoms with Crippen LogP contribution in [0.4, 0.5) is 13.2 Å². The van der Waals surface area contributed by atoms with Crippen LogP contribution in [0.25, 0.3) is 0 Å². The summed E-state index contributed by atoms with van der Waals surface area (Å²) in [4.78, 5) is 1.47. The molecule has 0 saturated carbocycles. The number of benzene rings is 3. The molecule has 5 heteroatoms. The topological polar surface area (TPSA) is 12.5 Å². The van der Waals surface area contributed by atoms with Gasteiger partial charge in [-0.3, -0.25) is 4.90 Å². The molecule has 0 spiro atoms. The van der Waals surface area contributed by atoms with Crippen molar-refractivity contribution in [2.45, 2.75) is 37.5 Å². The van der Waals surface area contributed by atoms with E-state index in [9.17, 15) is 13.2 Å². The molecule has 0 radical (unpaired) electrons. The number of rotatable bonds is 6. The zero-order valence-corrected chi connectivity index (χ0v) is 15.8. The van der Waals surface area contributed by atoms with Crippen LogP contribution >= 0.6 is 0 Å². The molecule has 1 saturated heterocycles. The van der Waals surface area contributed by atoms with Crippen LogP contribution in [0, 0.1) is 0 Å². The van der Waals surface area contributed by atoms with Crippen molar-refractivity contribution >= 4 is 0 Å². The van der Waals surface area contributed by atoms with Crippen molar-refractivity contribution in [3.63, 3.8) is 0 Å². The molecule has 2 nitrogen and oxygen atoms in total. The summed E-state index contributed by atoms with van der Waals surface area (Å²) in [6, 6.07) is 26.1. The fraction of sp³-hybridized carbons (Fsp3) is 0.250. The van der Waals surface area contributed by atoms with Gasteiger partial charge in [0.05, 0.1) is 12.6 Å². The molecule has 3 aromatic carbocycles. The van der Waals surface area contributed by atoms with Gasteiger partial charge in [0.1, 0.15) is 12.3 Å². The van der Waals surface area contributed by atoms with Gasteiger partial charge in [-0.25, -0.2) is 0 Å². The van der Waals surface area contributed by atoms with Crippen LogP contribution in [0.5, 0.6) is 0 Å². The van der Waals surface area contributed by atoms with E-state index in [0.29, 0.717) is 0 Å². The van der Waals surface area contributed by atoms with Crippen molar-refractivity contribution in [3.05, 3.63) is 108 Å². The molecule has 2 atom stereocenters. The van der Waals surface area contributed by atoms with Gasteiger partial charge in [0, 0.05) is 6.42 Å². The first-order valence-corrected chi connectivity index (χ1v) is 9.63. The van der Waals surface area contributed by atoms with Crippen molar-refractivity contribution < 1.29 is 17.9 Å². The minimum atomic E-state index is -4.31. The van der Waals surface area contributed by atoms with E-state index >= 15 is 0 Å². The summed E-state index contributed by atoms with van der Waals surface area (Å²) < 4.78 is 47.3. The minimum Gasteiger partial charge on any atom is -0.358 e. The monoisotopic (exact) mass is 397 g/mol. The largest absolute Gasteiger partial charge is 0.404 e. The lowest BCUT2D eigenvalue weighted by atomic mass is 9.89. The fourth-order valence-corrected chi connectivity index (χ4v) is 3.87. The summed E-state index contributed by atoms with van der Waals surface area (Å²) in [5.41, 5.74) is 2.58. The second-order valence-electron chi connectivity index (χ2n) is 7.22. The number of hydrogen-bond acceptors (Lipinski definition) is 2. The maximum Gasteiger partial charge on any atom is 0.404 e. The van der Waals surface area contributed by atoms with Crippen LogP contribution in [0.1, 0.15) is 29.2 Å². The van der Waals surface area contributed by atoms with Crippen LogP contribution in [0.3, 0.4) is 0 Å². The predicted molar refractivity (Wildman–Crippen MR) is 106 cm³/mol. The van der Waals surface area contributed by atoms with Gasteiger partial charge in [-0.15, -0.1) is 0 Å². The molecule has 1 heterocycles. The molecule has 2 unspecified atom stereocenters. The number of likely N-dealkylation sites (tertiary alicyclic amines) is 1. The molecule has 29 heavy (non-hydrogen) atoms. The molecule has 4 rings (SSSR count). The first kappa shape index (κ1) is 19.7. The minimum absolute atomic E-state index is 0.0630. The molecule has 0 aliphatic carbocycles. The highest BCUT2D eigenvalue weighted by molar-refractivity contribution is 5.33. The van der Waals surface area contributed by atoms with E-state index in [-0.39, 0.29) is 13.0 Å². The van der Waals surface area contributed by atoms with Gasteiger partial charge in [0.25, 0.3) is 0 Å². The Kier molecular flexibility index (Phi) is 5.69. The van der Waals surface area contributed by atoms with Gasteiger partial charge in [-0.1, -0.05) is 91.0 Å². The third kappa shape index (κ3) is 4.36. The van der Waals surface area contributed by atoms with Gasteiger partial charge in [0.15, 0.2) is 0 Å². The van der Waals surface area contributed by atoms with E-state index in [1.54, 1.807) is 0 Å².